The molecule has 1 amide bonds. The lowest BCUT2D eigenvalue weighted by Crippen LogP contribution is -2.57. The Bertz CT molecular complexity index is 1560. The zero-order chi connectivity index (χ0) is 36.5. The number of piperazine rings is 1. The van der Waals surface area contributed by atoms with Crippen molar-refractivity contribution >= 4 is 17.3 Å². The number of rotatable bonds is 21. The van der Waals surface area contributed by atoms with Gasteiger partial charge in [-0.15, -0.1) is 10.1 Å². The Labute approximate surface area is 305 Å². The molecule has 14 heteroatoms. The van der Waals surface area contributed by atoms with E-state index in [2.05, 4.69) is 14.6 Å². The smallest absolute Gasteiger partial charge is 0.294 e. The first-order valence-corrected chi connectivity index (χ1v) is 17.8. The maximum absolute atomic E-state index is 13.1. The predicted octanol–water partition coefficient (Wildman–Crippen LogP) is 5.00. The fourth-order valence-corrected chi connectivity index (χ4v) is 6.34. The summed E-state index contributed by atoms with van der Waals surface area (Å²) in [6.45, 7) is 6.30. The van der Waals surface area contributed by atoms with E-state index < -0.39 is 5.09 Å². The quantitative estimate of drug-likeness (QED) is 0.0832. The third-order valence-electron chi connectivity index (χ3n) is 9.00. The Kier molecular flexibility index (Phi) is 14.9. The number of methoxy groups -OCH3 is 2. The molecule has 0 bridgehead atoms. The summed E-state index contributed by atoms with van der Waals surface area (Å²) in [7, 11) is 3.36. The highest BCUT2D eigenvalue weighted by Gasteiger charge is 2.30. The molecule has 0 spiro atoms. The number of benzene rings is 3. The summed E-state index contributed by atoms with van der Waals surface area (Å²) >= 11 is 0. The van der Waals surface area contributed by atoms with Gasteiger partial charge in [0, 0.05) is 70.1 Å². The average molecular weight is 723 g/mol. The summed E-state index contributed by atoms with van der Waals surface area (Å²) < 4.78 is 34.8. The molecule has 3 aromatic rings. The van der Waals surface area contributed by atoms with Gasteiger partial charge in [0.05, 0.1) is 51.8 Å². The maximum Gasteiger partial charge on any atom is 0.294 e. The zero-order valence-electron chi connectivity index (χ0n) is 30.1. The van der Waals surface area contributed by atoms with Crippen molar-refractivity contribution < 1.29 is 43.1 Å². The van der Waals surface area contributed by atoms with Gasteiger partial charge in [0.2, 0.25) is 5.91 Å². The Hall–Kier alpha value is -4.95. The van der Waals surface area contributed by atoms with Crippen molar-refractivity contribution in [2.24, 2.45) is 0 Å². The van der Waals surface area contributed by atoms with E-state index in [1.54, 1.807) is 14.2 Å². The average Bonchev–Trinajstić information content (AvgIpc) is 3.17. The summed E-state index contributed by atoms with van der Waals surface area (Å²) in [6, 6.07) is 21.5. The monoisotopic (exact) mass is 722 g/mol. The minimum Gasteiger partial charge on any atom is -0.496 e. The van der Waals surface area contributed by atoms with Crippen LogP contribution in [0.5, 0.6) is 23.0 Å². The van der Waals surface area contributed by atoms with Crippen LogP contribution in [-0.4, -0.2) is 109 Å². The van der Waals surface area contributed by atoms with Crippen molar-refractivity contribution in [1.82, 2.24) is 4.90 Å². The van der Waals surface area contributed by atoms with Crippen LogP contribution >= 0.6 is 0 Å². The molecule has 5 rings (SSSR count). The molecule has 3 aromatic carbocycles. The Morgan fingerprint density at radius 1 is 0.904 bits per heavy atom. The van der Waals surface area contributed by atoms with E-state index in [1.807, 2.05) is 71.6 Å². The molecule has 1 fully saturated rings. The molecule has 0 aliphatic carbocycles. The third kappa shape index (κ3) is 11.3. The van der Waals surface area contributed by atoms with Gasteiger partial charge < -0.3 is 48.0 Å². The van der Waals surface area contributed by atoms with E-state index in [0.29, 0.717) is 59.3 Å². The second-order valence-corrected chi connectivity index (χ2v) is 12.5. The molecule has 14 nitrogen and oxygen atoms in total. The third-order valence-corrected chi connectivity index (χ3v) is 9.00. The van der Waals surface area contributed by atoms with Crippen LogP contribution in [0.15, 0.2) is 66.7 Å². The first-order valence-electron chi connectivity index (χ1n) is 17.8. The van der Waals surface area contributed by atoms with E-state index in [9.17, 15) is 14.9 Å². The molecule has 0 saturated carbocycles. The highest BCUT2D eigenvalue weighted by molar-refractivity contribution is 5.76. The van der Waals surface area contributed by atoms with Crippen molar-refractivity contribution in [1.29, 1.82) is 0 Å². The number of ether oxygens (including phenoxy) is 6. The van der Waals surface area contributed by atoms with Crippen molar-refractivity contribution in [2.75, 3.05) is 96.4 Å². The fourth-order valence-electron chi connectivity index (χ4n) is 6.34. The summed E-state index contributed by atoms with van der Waals surface area (Å²) in [5.74, 6) is 3.06. The Morgan fingerprint density at radius 2 is 1.73 bits per heavy atom. The molecule has 1 saturated heterocycles. The molecule has 0 radical (unpaired) electrons. The van der Waals surface area contributed by atoms with Crippen LogP contribution < -0.4 is 28.7 Å². The highest BCUT2D eigenvalue weighted by atomic mass is 16.9. The minimum atomic E-state index is -0.835. The van der Waals surface area contributed by atoms with Crippen molar-refractivity contribution in [2.45, 2.75) is 38.3 Å². The fraction of sp³-hybridized carbons (Fsp3) is 0.500. The number of carbonyl (C=O) groups is 1. The lowest BCUT2D eigenvalue weighted by molar-refractivity contribution is -0.757. The van der Waals surface area contributed by atoms with Gasteiger partial charge in [-0.05, 0) is 55.3 Å². The molecule has 2 aliphatic heterocycles. The van der Waals surface area contributed by atoms with Gasteiger partial charge in [-0.25, -0.2) is 0 Å². The lowest BCUT2D eigenvalue weighted by Gasteiger charge is -2.42. The van der Waals surface area contributed by atoms with Crippen molar-refractivity contribution in [3.63, 3.8) is 0 Å². The number of carbonyl (C=O) groups excluding carboxylic acids is 1. The molecule has 1 unspecified atom stereocenters. The Balaban J connectivity index is 1.18. The van der Waals surface area contributed by atoms with Crippen LogP contribution in [-0.2, 0) is 25.7 Å². The van der Waals surface area contributed by atoms with E-state index in [0.717, 1.165) is 65.9 Å². The summed E-state index contributed by atoms with van der Waals surface area (Å²) in [6.07, 6.45) is 2.09. The summed E-state index contributed by atoms with van der Waals surface area (Å²) in [5.41, 5.74) is 3.00. The SMILES string of the molecule is COCCCN1CCOc2ccc(OCC3CN(C(=O)CCCO[N+](=O)[O-])CCN3c3ccc(OCCCOCc4ccccc4OC)cc3)cc21. The van der Waals surface area contributed by atoms with Crippen molar-refractivity contribution in [3.8, 4) is 23.0 Å². The number of hydrogen-bond acceptors (Lipinski definition) is 12. The molecule has 52 heavy (non-hydrogen) atoms. The van der Waals surface area contributed by atoms with Crippen LogP contribution in [0.25, 0.3) is 0 Å². The van der Waals surface area contributed by atoms with E-state index in [4.69, 9.17) is 28.4 Å². The van der Waals surface area contributed by atoms with Gasteiger partial charge in [0.1, 0.15) is 36.2 Å². The second kappa shape index (κ2) is 20.2. The van der Waals surface area contributed by atoms with Gasteiger partial charge in [-0.3, -0.25) is 4.79 Å². The molecule has 1 atom stereocenters. The number of nitrogens with zero attached hydrogens (tertiary/aromatic N) is 4. The van der Waals surface area contributed by atoms with Crippen LogP contribution in [0.3, 0.4) is 0 Å². The van der Waals surface area contributed by atoms with Gasteiger partial charge in [0.15, 0.2) is 0 Å². The first kappa shape index (κ1) is 38.3. The van der Waals surface area contributed by atoms with Crippen molar-refractivity contribution in [3.05, 3.63) is 82.4 Å². The van der Waals surface area contributed by atoms with Crippen LogP contribution in [0.4, 0.5) is 11.4 Å². The first-order chi connectivity index (χ1) is 25.4. The number of anilines is 2. The molecular weight excluding hydrogens is 672 g/mol. The van der Waals surface area contributed by atoms with Gasteiger partial charge in [-0.1, -0.05) is 18.2 Å². The summed E-state index contributed by atoms with van der Waals surface area (Å²) in [5, 5.41) is 9.68. The largest absolute Gasteiger partial charge is 0.496 e. The minimum absolute atomic E-state index is 0.0649. The van der Waals surface area contributed by atoms with Gasteiger partial charge in [0.25, 0.3) is 5.09 Å². The van der Waals surface area contributed by atoms with E-state index >= 15 is 0 Å². The molecular formula is C38H50N4O10. The molecule has 2 heterocycles. The van der Waals surface area contributed by atoms with Crippen LogP contribution in [0.1, 0.15) is 31.2 Å². The molecule has 282 valence electrons. The highest BCUT2D eigenvalue weighted by Crippen LogP contribution is 2.35. The van der Waals surface area contributed by atoms with Crippen LogP contribution in [0.2, 0.25) is 0 Å². The van der Waals surface area contributed by atoms with E-state index in [1.165, 1.54) is 0 Å². The lowest BCUT2D eigenvalue weighted by atomic mass is 10.1. The van der Waals surface area contributed by atoms with Crippen LogP contribution in [0, 0.1) is 10.1 Å². The summed E-state index contributed by atoms with van der Waals surface area (Å²) in [4.78, 5) is 34.4. The topological polar surface area (TPSA) is 135 Å². The normalized spacial score (nSPS) is 15.4. The maximum atomic E-state index is 13.1. The number of amides is 1. The second-order valence-electron chi connectivity index (χ2n) is 12.5. The predicted molar refractivity (Wildman–Crippen MR) is 195 cm³/mol. The standard InChI is InChI=1S/C38H50N4O10/c1-46-21-6-17-39-20-25-50-37-16-15-34(26-35(37)39)51-29-32-27-40(38(43)10-5-24-52-42(44)45)18-19-41(32)31-11-13-33(14-12-31)49-23-7-22-48-28-30-8-3-4-9-36(30)47-2/h3-4,8-9,11-16,26,32H,5-7,10,17-25,27-29H2,1-2H3. The number of hydrogen-bond donors (Lipinski definition) is 0. The molecule has 0 aromatic heterocycles. The molecule has 2 aliphatic rings. The number of fused-ring (bicyclic) bond motifs is 1. The molecule has 0 N–H and O–H groups in total. The van der Waals surface area contributed by atoms with E-state index in [-0.39, 0.29) is 31.4 Å². The Morgan fingerprint density at radius 3 is 2.54 bits per heavy atom. The van der Waals surface area contributed by atoms with Gasteiger partial charge in [-0.2, -0.15) is 0 Å². The van der Waals surface area contributed by atoms with Gasteiger partial charge >= 0.3 is 0 Å². The number of para-hydroxylation sites is 1. The zero-order valence-corrected chi connectivity index (χ0v) is 30.1.